The molecule has 0 saturated heterocycles. The summed E-state index contributed by atoms with van der Waals surface area (Å²) in [6.07, 6.45) is 0.772. The molecular weight excluding hydrogens is 362 g/mol. The zero-order chi connectivity index (χ0) is 18.9. The quantitative estimate of drug-likeness (QED) is 0.738. The molecule has 6 heteroatoms. The molecule has 0 fully saturated rings. The van der Waals surface area contributed by atoms with Gasteiger partial charge in [-0.3, -0.25) is 0 Å². The van der Waals surface area contributed by atoms with Crippen LogP contribution >= 0.6 is 0 Å². The zero-order valence-corrected chi connectivity index (χ0v) is 15.8. The Labute approximate surface area is 159 Å². The van der Waals surface area contributed by atoms with Crippen molar-refractivity contribution in [2.75, 3.05) is 13.2 Å². The van der Waals surface area contributed by atoms with E-state index in [4.69, 9.17) is 9.47 Å². The molecule has 0 bridgehead atoms. The second-order valence-electron chi connectivity index (χ2n) is 6.61. The number of nitrogens with one attached hydrogen (secondary N) is 1. The number of rotatable bonds is 4. The van der Waals surface area contributed by atoms with E-state index in [2.05, 4.69) is 4.72 Å². The molecule has 0 aliphatic carbocycles. The SMILES string of the molecule is C[C@H](NS(=O)(=O)c1ccc2c(c1)OCCCO2)c1ccc2ccccc2c1. The summed E-state index contributed by atoms with van der Waals surface area (Å²) in [7, 11) is -3.69. The van der Waals surface area contributed by atoms with E-state index in [9.17, 15) is 8.42 Å². The largest absolute Gasteiger partial charge is 0.490 e. The smallest absolute Gasteiger partial charge is 0.241 e. The molecule has 1 atom stereocenters. The van der Waals surface area contributed by atoms with Crippen molar-refractivity contribution >= 4 is 20.8 Å². The molecule has 140 valence electrons. The first-order valence-corrected chi connectivity index (χ1v) is 10.4. The molecule has 3 aromatic carbocycles. The van der Waals surface area contributed by atoms with E-state index in [1.807, 2.05) is 49.4 Å². The van der Waals surface area contributed by atoms with Crippen LogP contribution in [0.15, 0.2) is 65.6 Å². The third-order valence-corrected chi connectivity index (χ3v) is 6.17. The van der Waals surface area contributed by atoms with Gasteiger partial charge in [-0.1, -0.05) is 36.4 Å². The fraction of sp³-hybridized carbons (Fsp3) is 0.238. The molecule has 5 nitrogen and oxygen atoms in total. The lowest BCUT2D eigenvalue weighted by molar-refractivity contribution is 0.297. The van der Waals surface area contributed by atoms with Crippen LogP contribution in [0.3, 0.4) is 0 Å². The predicted molar refractivity (Wildman–Crippen MR) is 105 cm³/mol. The summed E-state index contributed by atoms with van der Waals surface area (Å²) in [5, 5.41) is 2.20. The van der Waals surface area contributed by atoms with Gasteiger partial charge in [-0.15, -0.1) is 0 Å². The summed E-state index contributed by atoms with van der Waals surface area (Å²) in [5.74, 6) is 1.04. The van der Waals surface area contributed by atoms with E-state index in [0.717, 1.165) is 22.8 Å². The highest BCUT2D eigenvalue weighted by Crippen LogP contribution is 2.32. The molecule has 27 heavy (non-hydrogen) atoms. The fourth-order valence-electron chi connectivity index (χ4n) is 3.16. The van der Waals surface area contributed by atoms with Crippen LogP contribution < -0.4 is 14.2 Å². The Balaban J connectivity index is 1.59. The van der Waals surface area contributed by atoms with Crippen LogP contribution in [0.5, 0.6) is 11.5 Å². The van der Waals surface area contributed by atoms with Crippen molar-refractivity contribution in [2.24, 2.45) is 0 Å². The van der Waals surface area contributed by atoms with Gasteiger partial charge in [0.25, 0.3) is 0 Å². The summed E-state index contributed by atoms with van der Waals surface area (Å²) in [5.41, 5.74) is 0.909. The van der Waals surface area contributed by atoms with Crippen LogP contribution in [0.1, 0.15) is 24.9 Å². The van der Waals surface area contributed by atoms with Crippen molar-refractivity contribution in [2.45, 2.75) is 24.3 Å². The molecule has 0 unspecified atom stereocenters. The van der Waals surface area contributed by atoms with Gasteiger partial charge in [-0.2, -0.15) is 0 Å². The third-order valence-electron chi connectivity index (χ3n) is 4.63. The van der Waals surface area contributed by atoms with Gasteiger partial charge in [-0.05, 0) is 41.5 Å². The van der Waals surface area contributed by atoms with Crippen molar-refractivity contribution in [1.82, 2.24) is 4.72 Å². The summed E-state index contributed by atoms with van der Waals surface area (Å²) in [4.78, 5) is 0.166. The number of hydrogen-bond donors (Lipinski definition) is 1. The van der Waals surface area contributed by atoms with Crippen molar-refractivity contribution in [3.63, 3.8) is 0 Å². The highest BCUT2D eigenvalue weighted by Gasteiger charge is 2.21. The minimum atomic E-state index is -3.69. The number of sulfonamides is 1. The average molecular weight is 383 g/mol. The van der Waals surface area contributed by atoms with Gasteiger partial charge in [-0.25, -0.2) is 13.1 Å². The van der Waals surface area contributed by atoms with Crippen molar-refractivity contribution in [3.8, 4) is 11.5 Å². The van der Waals surface area contributed by atoms with Crippen molar-refractivity contribution in [1.29, 1.82) is 0 Å². The van der Waals surface area contributed by atoms with E-state index >= 15 is 0 Å². The molecule has 0 aromatic heterocycles. The van der Waals surface area contributed by atoms with Crippen LogP contribution in [0, 0.1) is 0 Å². The molecule has 1 aliphatic rings. The molecule has 3 aromatic rings. The Morgan fingerprint density at radius 1 is 0.889 bits per heavy atom. The number of hydrogen-bond acceptors (Lipinski definition) is 4. The molecule has 0 amide bonds. The summed E-state index contributed by atoms with van der Waals surface area (Å²) in [6.45, 7) is 2.92. The van der Waals surface area contributed by atoms with Gasteiger partial charge in [0.15, 0.2) is 11.5 Å². The second kappa shape index (κ2) is 7.21. The zero-order valence-electron chi connectivity index (χ0n) is 15.0. The Bertz CT molecular complexity index is 1080. The Morgan fingerprint density at radius 3 is 2.44 bits per heavy atom. The molecule has 4 rings (SSSR count). The van der Waals surface area contributed by atoms with Crippen LogP contribution in [0.25, 0.3) is 10.8 Å². The summed E-state index contributed by atoms with van der Waals surface area (Å²) < 4.78 is 39.6. The molecule has 1 N–H and O–H groups in total. The van der Waals surface area contributed by atoms with Crippen LogP contribution in [0.2, 0.25) is 0 Å². The number of fused-ring (bicyclic) bond motifs is 2. The van der Waals surface area contributed by atoms with Gasteiger partial charge in [0.05, 0.1) is 18.1 Å². The maximum Gasteiger partial charge on any atom is 0.241 e. The van der Waals surface area contributed by atoms with E-state index < -0.39 is 10.0 Å². The first kappa shape index (κ1) is 17.8. The molecule has 0 saturated carbocycles. The fourth-order valence-corrected chi connectivity index (χ4v) is 4.40. The Hall–Kier alpha value is -2.57. The maximum atomic E-state index is 12.8. The van der Waals surface area contributed by atoms with E-state index in [1.54, 1.807) is 12.1 Å². The Kier molecular flexibility index (Phi) is 4.76. The van der Waals surface area contributed by atoms with Gasteiger partial charge in [0.1, 0.15) is 0 Å². The first-order chi connectivity index (χ1) is 13.0. The minimum Gasteiger partial charge on any atom is -0.490 e. The monoisotopic (exact) mass is 383 g/mol. The maximum absolute atomic E-state index is 12.8. The molecule has 0 radical (unpaired) electrons. The predicted octanol–water partition coefficient (Wildman–Crippen LogP) is 4.04. The van der Waals surface area contributed by atoms with Crippen LogP contribution in [0.4, 0.5) is 0 Å². The third kappa shape index (κ3) is 3.77. The lowest BCUT2D eigenvalue weighted by Gasteiger charge is -2.16. The highest BCUT2D eigenvalue weighted by molar-refractivity contribution is 7.89. The topological polar surface area (TPSA) is 64.6 Å². The molecule has 0 spiro atoms. The van der Waals surface area contributed by atoms with E-state index in [-0.39, 0.29) is 10.9 Å². The van der Waals surface area contributed by atoms with Crippen LogP contribution in [-0.2, 0) is 10.0 Å². The van der Waals surface area contributed by atoms with Crippen molar-refractivity contribution < 1.29 is 17.9 Å². The van der Waals surface area contributed by atoms with E-state index in [0.29, 0.717) is 24.7 Å². The Morgan fingerprint density at radius 2 is 1.63 bits per heavy atom. The average Bonchev–Trinajstić information content (AvgIpc) is 2.92. The lowest BCUT2D eigenvalue weighted by Crippen LogP contribution is -2.26. The number of ether oxygens (including phenoxy) is 2. The molecule has 1 aliphatic heterocycles. The lowest BCUT2D eigenvalue weighted by atomic mass is 10.0. The van der Waals surface area contributed by atoms with Gasteiger partial charge in [0.2, 0.25) is 10.0 Å². The van der Waals surface area contributed by atoms with Crippen LogP contribution in [-0.4, -0.2) is 21.6 Å². The van der Waals surface area contributed by atoms with Crippen molar-refractivity contribution in [3.05, 3.63) is 66.2 Å². The normalized spacial score (nSPS) is 15.3. The summed E-state index contributed by atoms with van der Waals surface area (Å²) >= 11 is 0. The standard InChI is InChI=1S/C21H21NO4S/c1-15(17-8-7-16-5-2-3-6-18(16)13-17)22-27(23,24)19-9-10-20-21(14-19)26-12-4-11-25-20/h2-3,5-10,13-15,22H,4,11-12H2,1H3/t15-/m0/s1. The molecule has 1 heterocycles. The second-order valence-corrected chi connectivity index (χ2v) is 8.32. The number of benzene rings is 3. The van der Waals surface area contributed by atoms with Gasteiger partial charge in [0, 0.05) is 18.5 Å². The first-order valence-electron chi connectivity index (χ1n) is 8.94. The van der Waals surface area contributed by atoms with Gasteiger partial charge < -0.3 is 9.47 Å². The molecular formula is C21H21NO4S. The summed E-state index contributed by atoms with van der Waals surface area (Å²) in [6, 6.07) is 18.3. The van der Waals surface area contributed by atoms with Gasteiger partial charge >= 0.3 is 0 Å². The highest BCUT2D eigenvalue weighted by atomic mass is 32.2. The minimum absolute atomic E-state index is 0.166. The van der Waals surface area contributed by atoms with E-state index in [1.165, 1.54) is 6.07 Å².